The first-order valence-electron chi connectivity index (χ1n) is 11.9. The first-order chi connectivity index (χ1) is 16.7. The number of carbonyl (C=O) groups is 1. The second-order valence-corrected chi connectivity index (χ2v) is 8.95. The smallest absolute Gasteiger partial charge is 0.253 e. The van der Waals surface area contributed by atoms with Crippen molar-refractivity contribution in [3.05, 3.63) is 71.9 Å². The standard InChI is InChI=1S/C27H27N5O2/c33-27(32-12-1-13-32)22-8-6-20(7-9-22)23-10-11-28-26-24(23)29-25(30-26)21-4-2-19(3-5-21)18-31-14-16-34-17-15-31/h2-11H,1,12-18H2,(H,28,29,30). The maximum absolute atomic E-state index is 12.5. The number of aromatic nitrogens is 3. The molecular weight excluding hydrogens is 426 g/mol. The van der Waals surface area contributed by atoms with Crippen LogP contribution in [-0.4, -0.2) is 70.1 Å². The number of hydrogen-bond acceptors (Lipinski definition) is 5. The SMILES string of the molecule is O=C(c1ccc(-c2ccnc3nc(-c4ccc(CN5CCOCC5)cc4)[nH]c23)cc1)N1CCC1. The third-order valence-corrected chi connectivity index (χ3v) is 6.72. The van der Waals surface area contributed by atoms with Gasteiger partial charge in [-0.1, -0.05) is 36.4 Å². The van der Waals surface area contributed by atoms with Crippen LogP contribution >= 0.6 is 0 Å². The molecule has 0 spiro atoms. The summed E-state index contributed by atoms with van der Waals surface area (Å²) in [4.78, 5) is 29.5. The number of nitrogens with zero attached hydrogens (tertiary/aromatic N) is 4. The van der Waals surface area contributed by atoms with E-state index in [2.05, 4.69) is 39.1 Å². The number of benzene rings is 2. The molecule has 7 nitrogen and oxygen atoms in total. The Kier molecular flexibility index (Phi) is 5.57. The first kappa shape index (κ1) is 21.0. The minimum Gasteiger partial charge on any atom is -0.379 e. The third-order valence-electron chi connectivity index (χ3n) is 6.72. The quantitative estimate of drug-likeness (QED) is 0.495. The van der Waals surface area contributed by atoms with E-state index in [-0.39, 0.29) is 5.91 Å². The molecule has 4 aromatic rings. The highest BCUT2D eigenvalue weighted by atomic mass is 16.5. The van der Waals surface area contributed by atoms with E-state index in [4.69, 9.17) is 9.72 Å². The van der Waals surface area contributed by atoms with Crippen molar-refractivity contribution in [2.45, 2.75) is 13.0 Å². The van der Waals surface area contributed by atoms with Crippen molar-refractivity contribution in [3.8, 4) is 22.5 Å². The fraction of sp³-hybridized carbons (Fsp3) is 0.296. The molecule has 34 heavy (non-hydrogen) atoms. The van der Waals surface area contributed by atoms with E-state index in [0.29, 0.717) is 5.65 Å². The number of pyridine rings is 1. The van der Waals surface area contributed by atoms with Gasteiger partial charge in [-0.05, 0) is 35.7 Å². The van der Waals surface area contributed by atoms with Crippen LogP contribution in [0, 0.1) is 0 Å². The summed E-state index contributed by atoms with van der Waals surface area (Å²) in [7, 11) is 0. The van der Waals surface area contributed by atoms with Gasteiger partial charge < -0.3 is 14.6 Å². The predicted molar refractivity (Wildman–Crippen MR) is 131 cm³/mol. The van der Waals surface area contributed by atoms with E-state index in [1.165, 1.54) is 5.56 Å². The molecule has 2 saturated heterocycles. The summed E-state index contributed by atoms with van der Waals surface area (Å²) in [5.74, 6) is 0.913. The van der Waals surface area contributed by atoms with Gasteiger partial charge in [0.15, 0.2) is 5.65 Å². The molecule has 0 radical (unpaired) electrons. The fourth-order valence-electron chi connectivity index (χ4n) is 4.57. The lowest BCUT2D eigenvalue weighted by Crippen LogP contribution is -2.41. The van der Waals surface area contributed by atoms with Crippen LogP contribution in [0.4, 0.5) is 0 Å². The van der Waals surface area contributed by atoms with E-state index >= 15 is 0 Å². The number of fused-ring (bicyclic) bond motifs is 1. The summed E-state index contributed by atoms with van der Waals surface area (Å²) in [5.41, 5.74) is 6.69. The molecular formula is C27H27N5O2. The monoisotopic (exact) mass is 453 g/mol. The van der Waals surface area contributed by atoms with E-state index in [9.17, 15) is 4.79 Å². The zero-order chi connectivity index (χ0) is 22.9. The number of nitrogens with one attached hydrogen (secondary N) is 1. The van der Waals surface area contributed by atoms with Gasteiger partial charge in [-0.25, -0.2) is 9.97 Å². The Morgan fingerprint density at radius 3 is 2.35 bits per heavy atom. The van der Waals surface area contributed by atoms with E-state index in [1.54, 1.807) is 6.20 Å². The van der Waals surface area contributed by atoms with Crippen LogP contribution in [0.5, 0.6) is 0 Å². The number of aromatic amines is 1. The number of likely N-dealkylation sites (tertiary alicyclic amines) is 1. The molecule has 2 aliphatic rings. The van der Waals surface area contributed by atoms with Gasteiger partial charge in [0.1, 0.15) is 5.82 Å². The van der Waals surface area contributed by atoms with Crippen LogP contribution in [0.1, 0.15) is 22.3 Å². The Labute approximate surface area is 198 Å². The van der Waals surface area contributed by atoms with Gasteiger partial charge >= 0.3 is 0 Å². The molecule has 0 bridgehead atoms. The summed E-state index contributed by atoms with van der Waals surface area (Å²) >= 11 is 0. The van der Waals surface area contributed by atoms with E-state index in [0.717, 1.165) is 86.0 Å². The lowest BCUT2D eigenvalue weighted by atomic mass is 10.0. The van der Waals surface area contributed by atoms with Gasteiger partial charge in [0.2, 0.25) is 0 Å². The largest absolute Gasteiger partial charge is 0.379 e. The van der Waals surface area contributed by atoms with Crippen LogP contribution < -0.4 is 0 Å². The van der Waals surface area contributed by atoms with Crippen molar-refractivity contribution in [1.82, 2.24) is 24.8 Å². The highest BCUT2D eigenvalue weighted by molar-refractivity contribution is 5.96. The Morgan fingerprint density at radius 1 is 0.912 bits per heavy atom. The molecule has 2 fully saturated rings. The zero-order valence-corrected chi connectivity index (χ0v) is 19.0. The number of hydrogen-bond donors (Lipinski definition) is 1. The molecule has 0 atom stereocenters. The summed E-state index contributed by atoms with van der Waals surface area (Å²) < 4.78 is 5.44. The average molecular weight is 454 g/mol. The Bertz CT molecular complexity index is 1300. The lowest BCUT2D eigenvalue weighted by Gasteiger charge is -2.30. The first-order valence-corrected chi connectivity index (χ1v) is 11.9. The van der Waals surface area contributed by atoms with Crippen LogP contribution in [0.3, 0.4) is 0 Å². The van der Waals surface area contributed by atoms with Crippen molar-refractivity contribution in [2.24, 2.45) is 0 Å². The second kappa shape index (κ2) is 9.00. The average Bonchev–Trinajstić information content (AvgIpc) is 3.29. The van der Waals surface area contributed by atoms with E-state index in [1.807, 2.05) is 35.2 Å². The lowest BCUT2D eigenvalue weighted by molar-refractivity contribution is 0.0342. The number of rotatable bonds is 5. The van der Waals surface area contributed by atoms with Crippen molar-refractivity contribution < 1.29 is 9.53 Å². The molecule has 0 saturated carbocycles. The molecule has 0 aliphatic carbocycles. The molecule has 7 heteroatoms. The van der Waals surface area contributed by atoms with Crippen molar-refractivity contribution >= 4 is 17.1 Å². The minimum absolute atomic E-state index is 0.110. The van der Waals surface area contributed by atoms with Gasteiger partial charge in [-0.2, -0.15) is 0 Å². The highest BCUT2D eigenvalue weighted by Gasteiger charge is 2.21. The molecule has 1 amide bonds. The Morgan fingerprint density at radius 2 is 1.65 bits per heavy atom. The molecule has 4 heterocycles. The molecule has 2 aromatic heterocycles. The summed E-state index contributed by atoms with van der Waals surface area (Å²) in [6.45, 7) is 6.23. The summed E-state index contributed by atoms with van der Waals surface area (Å²) in [6.07, 6.45) is 2.88. The van der Waals surface area contributed by atoms with Gasteiger partial charge in [0.05, 0.1) is 18.7 Å². The number of H-pyrrole nitrogens is 1. The maximum atomic E-state index is 12.5. The van der Waals surface area contributed by atoms with Crippen LogP contribution in [0.15, 0.2) is 60.8 Å². The number of amides is 1. The second-order valence-electron chi connectivity index (χ2n) is 8.95. The zero-order valence-electron chi connectivity index (χ0n) is 19.0. The molecule has 2 aromatic carbocycles. The Balaban J connectivity index is 1.24. The fourth-order valence-corrected chi connectivity index (χ4v) is 4.57. The van der Waals surface area contributed by atoms with Crippen molar-refractivity contribution in [1.29, 1.82) is 0 Å². The third kappa shape index (κ3) is 4.08. The molecule has 172 valence electrons. The Hall–Kier alpha value is -3.55. The summed E-state index contributed by atoms with van der Waals surface area (Å²) in [5, 5.41) is 0. The predicted octanol–water partition coefficient (Wildman–Crippen LogP) is 3.97. The van der Waals surface area contributed by atoms with Gasteiger partial charge in [0, 0.05) is 55.6 Å². The van der Waals surface area contributed by atoms with Crippen LogP contribution in [0.2, 0.25) is 0 Å². The maximum Gasteiger partial charge on any atom is 0.253 e. The molecule has 0 unspecified atom stereocenters. The van der Waals surface area contributed by atoms with Crippen LogP contribution in [-0.2, 0) is 11.3 Å². The van der Waals surface area contributed by atoms with Gasteiger partial charge in [0.25, 0.3) is 5.91 Å². The normalized spacial score (nSPS) is 16.5. The van der Waals surface area contributed by atoms with Crippen molar-refractivity contribution in [3.63, 3.8) is 0 Å². The minimum atomic E-state index is 0.110. The van der Waals surface area contributed by atoms with Crippen molar-refractivity contribution in [2.75, 3.05) is 39.4 Å². The molecule has 2 aliphatic heterocycles. The number of morpholine rings is 1. The van der Waals surface area contributed by atoms with Gasteiger partial charge in [-0.15, -0.1) is 0 Å². The summed E-state index contributed by atoms with van der Waals surface area (Å²) in [6, 6.07) is 18.4. The number of imidazole rings is 1. The van der Waals surface area contributed by atoms with Crippen LogP contribution in [0.25, 0.3) is 33.7 Å². The molecule has 6 rings (SSSR count). The van der Waals surface area contributed by atoms with Gasteiger partial charge in [-0.3, -0.25) is 9.69 Å². The number of carbonyl (C=O) groups excluding carboxylic acids is 1. The topological polar surface area (TPSA) is 74.4 Å². The van der Waals surface area contributed by atoms with E-state index < -0.39 is 0 Å². The molecule has 1 N–H and O–H groups in total. The highest BCUT2D eigenvalue weighted by Crippen LogP contribution is 2.29. The number of ether oxygens (including phenoxy) is 1.